The Morgan fingerprint density at radius 1 is 1.46 bits per heavy atom. The lowest BCUT2D eigenvalue weighted by Gasteiger charge is -2.00. The number of rotatable bonds is 1. The molecule has 0 spiro atoms. The van der Waals surface area contributed by atoms with Crippen molar-refractivity contribution in [3.63, 3.8) is 0 Å². The van der Waals surface area contributed by atoms with Crippen LogP contribution in [0.1, 0.15) is 0 Å². The van der Waals surface area contributed by atoms with Gasteiger partial charge in [0.25, 0.3) is 0 Å². The first-order valence-corrected chi connectivity index (χ1v) is 6.84. The summed E-state index contributed by atoms with van der Waals surface area (Å²) in [7, 11) is 0. The van der Waals surface area contributed by atoms with Crippen LogP contribution in [0.2, 0.25) is 0 Å². The number of benzene rings is 1. The summed E-state index contributed by atoms with van der Waals surface area (Å²) in [6.45, 7) is 0. The van der Waals surface area contributed by atoms with E-state index in [0.29, 0.717) is 5.75 Å². The summed E-state index contributed by atoms with van der Waals surface area (Å²) < 4.78 is 2.41. The summed E-state index contributed by atoms with van der Waals surface area (Å²) in [6.07, 6.45) is 1.97. The molecule has 0 aliphatic rings. The summed E-state index contributed by atoms with van der Waals surface area (Å²) in [5, 5.41) is 13.0. The first-order chi connectivity index (χ1) is 6.22. The molecule has 68 valence electrons. The molecule has 0 aliphatic heterocycles. The van der Waals surface area contributed by atoms with E-state index in [0.717, 1.165) is 9.60 Å². The minimum absolute atomic E-state index is 0.387. The van der Waals surface area contributed by atoms with E-state index >= 15 is 0 Å². The van der Waals surface area contributed by atoms with Crippen molar-refractivity contribution in [2.75, 3.05) is 6.26 Å². The Balaban J connectivity index is 2.77. The zero-order valence-corrected chi connectivity index (χ0v) is 10.7. The molecule has 0 unspecified atom stereocenters. The summed E-state index contributed by atoms with van der Waals surface area (Å²) >= 11 is 5.56. The van der Waals surface area contributed by atoms with Crippen LogP contribution in [0.15, 0.2) is 22.4 Å². The van der Waals surface area contributed by atoms with Crippen LogP contribution in [-0.4, -0.2) is 11.4 Å². The first-order valence-electron chi connectivity index (χ1n) is 3.66. The van der Waals surface area contributed by atoms with Gasteiger partial charge in [-0.3, -0.25) is 0 Å². The van der Waals surface area contributed by atoms with Gasteiger partial charge in [-0.1, -0.05) is 0 Å². The predicted octanol–water partition coefficient (Wildman–Crippen LogP) is 3.93. The number of hydrogen-bond donors (Lipinski definition) is 1. The Morgan fingerprint density at radius 2 is 2.23 bits per heavy atom. The van der Waals surface area contributed by atoms with E-state index in [1.165, 1.54) is 8.96 Å². The van der Waals surface area contributed by atoms with Gasteiger partial charge in [-0.05, 0) is 41.0 Å². The molecule has 0 amide bonds. The third kappa shape index (κ3) is 1.67. The Hall–Kier alpha value is 0.0600. The Kier molecular flexibility index (Phi) is 2.71. The molecule has 1 aromatic carbocycles. The molecule has 1 aromatic heterocycles. The molecule has 0 bridgehead atoms. The molecule has 0 atom stereocenters. The van der Waals surface area contributed by atoms with Crippen molar-refractivity contribution < 1.29 is 5.11 Å². The number of halogens is 1. The van der Waals surface area contributed by atoms with Gasteiger partial charge < -0.3 is 5.11 Å². The molecule has 0 saturated carbocycles. The maximum Gasteiger partial charge on any atom is 0.130 e. The van der Waals surface area contributed by atoms with Crippen molar-refractivity contribution in [2.24, 2.45) is 0 Å². The van der Waals surface area contributed by atoms with Crippen molar-refractivity contribution in [3.8, 4) is 5.75 Å². The quantitative estimate of drug-likeness (QED) is 0.634. The van der Waals surface area contributed by atoms with Crippen LogP contribution >= 0.6 is 45.7 Å². The first kappa shape index (κ1) is 9.61. The van der Waals surface area contributed by atoms with E-state index in [1.54, 1.807) is 23.1 Å². The highest BCUT2D eigenvalue weighted by Gasteiger charge is 2.06. The number of aromatic hydroxyl groups is 1. The van der Waals surface area contributed by atoms with Gasteiger partial charge in [0, 0.05) is 23.9 Å². The van der Waals surface area contributed by atoms with Gasteiger partial charge in [0.05, 0.1) is 0 Å². The molecular formula is C9H7IOS2. The van der Waals surface area contributed by atoms with Gasteiger partial charge in [0.15, 0.2) is 0 Å². The smallest absolute Gasteiger partial charge is 0.130 e. The summed E-state index contributed by atoms with van der Waals surface area (Å²) in [5.74, 6) is 0.387. The van der Waals surface area contributed by atoms with Gasteiger partial charge in [-0.15, -0.1) is 23.1 Å². The minimum Gasteiger partial charge on any atom is -0.507 e. The Bertz CT molecular complexity index is 450. The number of thioether (sulfide) groups is 1. The number of thiophene rings is 1. The van der Waals surface area contributed by atoms with Crippen LogP contribution in [0.3, 0.4) is 0 Å². The molecule has 4 heteroatoms. The van der Waals surface area contributed by atoms with Crippen molar-refractivity contribution >= 4 is 55.8 Å². The maximum absolute atomic E-state index is 9.60. The fourth-order valence-corrected chi connectivity index (χ4v) is 3.52. The SMILES string of the molecule is CSc1cc2c(I)csc2cc1O. The maximum atomic E-state index is 9.60. The van der Waals surface area contributed by atoms with Crippen LogP contribution in [0.4, 0.5) is 0 Å². The van der Waals surface area contributed by atoms with Crippen LogP contribution in [-0.2, 0) is 0 Å². The van der Waals surface area contributed by atoms with Gasteiger partial charge in [0.1, 0.15) is 5.75 Å². The van der Waals surface area contributed by atoms with Gasteiger partial charge in [0.2, 0.25) is 0 Å². The average Bonchev–Trinajstić information content (AvgIpc) is 2.46. The molecular weight excluding hydrogens is 315 g/mol. The number of phenolic OH excluding ortho intramolecular Hbond substituents is 1. The standard InChI is InChI=1S/C9H7IOS2/c1-12-9-2-5-6(10)4-13-8(5)3-7(9)11/h2-4,11H,1H3. The lowest BCUT2D eigenvalue weighted by Crippen LogP contribution is -1.73. The highest BCUT2D eigenvalue weighted by Crippen LogP contribution is 2.36. The van der Waals surface area contributed by atoms with E-state index in [4.69, 9.17) is 0 Å². The molecule has 0 radical (unpaired) electrons. The molecule has 1 nitrogen and oxygen atoms in total. The molecule has 0 aliphatic carbocycles. The van der Waals surface area contributed by atoms with Crippen LogP contribution in [0.25, 0.3) is 10.1 Å². The molecule has 2 rings (SSSR count). The predicted molar refractivity (Wildman–Crippen MR) is 68.0 cm³/mol. The highest BCUT2D eigenvalue weighted by molar-refractivity contribution is 14.1. The fourth-order valence-electron chi connectivity index (χ4n) is 1.18. The third-order valence-electron chi connectivity index (χ3n) is 1.83. The third-order valence-corrected chi connectivity index (χ3v) is 4.85. The van der Waals surface area contributed by atoms with E-state index in [-0.39, 0.29) is 0 Å². The molecule has 1 N–H and O–H groups in total. The minimum atomic E-state index is 0.387. The lowest BCUT2D eigenvalue weighted by atomic mass is 10.2. The van der Waals surface area contributed by atoms with Crippen LogP contribution in [0.5, 0.6) is 5.75 Å². The number of phenols is 1. The summed E-state index contributed by atoms with van der Waals surface area (Å²) in [6, 6.07) is 3.89. The van der Waals surface area contributed by atoms with Gasteiger partial charge in [-0.25, -0.2) is 0 Å². The largest absolute Gasteiger partial charge is 0.507 e. The Labute approximate surface area is 98.3 Å². The van der Waals surface area contributed by atoms with Gasteiger partial charge >= 0.3 is 0 Å². The molecule has 0 fully saturated rings. The van der Waals surface area contributed by atoms with E-state index < -0.39 is 0 Å². The van der Waals surface area contributed by atoms with Gasteiger partial charge in [-0.2, -0.15) is 0 Å². The van der Waals surface area contributed by atoms with E-state index in [1.807, 2.05) is 18.4 Å². The fraction of sp³-hybridized carbons (Fsp3) is 0.111. The van der Waals surface area contributed by atoms with E-state index in [2.05, 4.69) is 28.0 Å². The van der Waals surface area contributed by atoms with Crippen molar-refractivity contribution in [3.05, 3.63) is 21.1 Å². The lowest BCUT2D eigenvalue weighted by molar-refractivity contribution is 0.463. The van der Waals surface area contributed by atoms with Crippen molar-refractivity contribution in [1.29, 1.82) is 0 Å². The average molecular weight is 322 g/mol. The number of hydrogen-bond acceptors (Lipinski definition) is 3. The summed E-state index contributed by atoms with van der Waals surface area (Å²) in [5.41, 5.74) is 0. The second-order valence-electron chi connectivity index (χ2n) is 2.60. The Morgan fingerprint density at radius 3 is 2.92 bits per heavy atom. The highest BCUT2D eigenvalue weighted by atomic mass is 127. The van der Waals surface area contributed by atoms with Crippen LogP contribution < -0.4 is 0 Å². The second-order valence-corrected chi connectivity index (χ2v) is 5.53. The monoisotopic (exact) mass is 322 g/mol. The van der Waals surface area contributed by atoms with E-state index in [9.17, 15) is 5.11 Å². The summed E-state index contributed by atoms with van der Waals surface area (Å²) in [4.78, 5) is 0.948. The second kappa shape index (κ2) is 3.67. The molecule has 2 aromatic rings. The van der Waals surface area contributed by atoms with Crippen LogP contribution in [0, 0.1) is 3.57 Å². The molecule has 13 heavy (non-hydrogen) atoms. The zero-order valence-electron chi connectivity index (χ0n) is 6.87. The van der Waals surface area contributed by atoms with Crippen molar-refractivity contribution in [2.45, 2.75) is 4.90 Å². The zero-order chi connectivity index (χ0) is 9.42. The van der Waals surface area contributed by atoms with Crippen molar-refractivity contribution in [1.82, 2.24) is 0 Å². The molecule has 1 heterocycles. The molecule has 0 saturated heterocycles. The topological polar surface area (TPSA) is 20.2 Å². The number of fused-ring (bicyclic) bond motifs is 1. The normalized spacial score (nSPS) is 10.9.